The topological polar surface area (TPSA) is 66.9 Å². The molecule has 0 saturated carbocycles. The molecule has 0 bridgehead atoms. The molecule has 2 aromatic heterocycles. The minimum Gasteiger partial charge on any atom is -0.375 e. The number of morpholine rings is 1. The highest BCUT2D eigenvalue weighted by Crippen LogP contribution is 2.13. The van der Waals surface area contributed by atoms with Crippen LogP contribution < -0.4 is 4.90 Å². The van der Waals surface area contributed by atoms with Gasteiger partial charge in [-0.1, -0.05) is 6.07 Å². The Hall–Kier alpha value is -1.95. The van der Waals surface area contributed by atoms with Gasteiger partial charge in [0.25, 0.3) is 0 Å². The first-order chi connectivity index (χ1) is 9.31. The zero-order valence-corrected chi connectivity index (χ0v) is 10.9. The Morgan fingerprint density at radius 2 is 2.47 bits per heavy atom. The third kappa shape index (κ3) is 2.90. The quantitative estimate of drug-likeness (QED) is 0.891. The Labute approximate surface area is 111 Å². The molecule has 0 amide bonds. The first-order valence-electron chi connectivity index (χ1n) is 6.48. The van der Waals surface area contributed by atoms with Crippen molar-refractivity contribution in [1.29, 1.82) is 0 Å². The molecule has 1 unspecified atom stereocenters. The second-order valence-electron chi connectivity index (χ2n) is 4.75. The molecule has 6 nitrogen and oxygen atoms in total. The van der Waals surface area contributed by atoms with Gasteiger partial charge in [0.2, 0.25) is 5.95 Å². The molecule has 1 N–H and O–H groups in total. The number of pyridine rings is 1. The number of aromatic amines is 1. The predicted molar refractivity (Wildman–Crippen MR) is 71.1 cm³/mol. The van der Waals surface area contributed by atoms with Crippen LogP contribution in [0.25, 0.3) is 0 Å². The summed E-state index contributed by atoms with van der Waals surface area (Å²) in [6, 6.07) is 3.96. The number of rotatable bonds is 3. The highest BCUT2D eigenvalue weighted by molar-refractivity contribution is 5.30. The zero-order chi connectivity index (χ0) is 13.1. The Balaban J connectivity index is 1.69. The molecule has 6 heteroatoms. The van der Waals surface area contributed by atoms with Crippen molar-refractivity contribution in [3.05, 3.63) is 35.9 Å². The van der Waals surface area contributed by atoms with Crippen LogP contribution in [0.15, 0.2) is 24.5 Å². The summed E-state index contributed by atoms with van der Waals surface area (Å²) in [5.74, 6) is 1.62. The summed E-state index contributed by atoms with van der Waals surface area (Å²) in [6.07, 6.45) is 4.57. The van der Waals surface area contributed by atoms with Crippen LogP contribution in [0.1, 0.15) is 18.3 Å². The molecular weight excluding hydrogens is 242 g/mol. The van der Waals surface area contributed by atoms with Gasteiger partial charge in [-0.05, 0) is 18.6 Å². The number of hydrogen-bond donors (Lipinski definition) is 1. The zero-order valence-electron chi connectivity index (χ0n) is 10.9. The van der Waals surface area contributed by atoms with E-state index in [2.05, 4.69) is 32.0 Å². The number of ether oxygens (including phenoxy) is 1. The minimum atomic E-state index is 0.231. The molecule has 0 spiro atoms. The van der Waals surface area contributed by atoms with Crippen LogP contribution in [-0.4, -0.2) is 46.0 Å². The van der Waals surface area contributed by atoms with E-state index in [0.717, 1.165) is 43.5 Å². The average molecular weight is 259 g/mol. The van der Waals surface area contributed by atoms with E-state index in [1.165, 1.54) is 0 Å². The van der Waals surface area contributed by atoms with E-state index >= 15 is 0 Å². The SMILES string of the molecule is CC1CN(c2n[nH]c(Cc3cccnc3)n2)CCO1. The monoisotopic (exact) mass is 259 g/mol. The van der Waals surface area contributed by atoms with Crippen molar-refractivity contribution in [3.63, 3.8) is 0 Å². The Bertz CT molecular complexity index is 527. The lowest BCUT2D eigenvalue weighted by atomic mass is 10.2. The smallest absolute Gasteiger partial charge is 0.244 e. The van der Waals surface area contributed by atoms with Crippen LogP contribution >= 0.6 is 0 Å². The van der Waals surface area contributed by atoms with E-state index in [9.17, 15) is 0 Å². The van der Waals surface area contributed by atoms with Crippen LogP contribution in [-0.2, 0) is 11.2 Å². The van der Waals surface area contributed by atoms with Gasteiger partial charge in [0.05, 0.1) is 12.7 Å². The van der Waals surface area contributed by atoms with E-state index in [1.807, 2.05) is 18.3 Å². The number of anilines is 1. The lowest BCUT2D eigenvalue weighted by Crippen LogP contribution is -2.41. The van der Waals surface area contributed by atoms with Gasteiger partial charge in [-0.2, -0.15) is 4.98 Å². The van der Waals surface area contributed by atoms with Gasteiger partial charge in [0, 0.05) is 31.9 Å². The number of hydrogen-bond acceptors (Lipinski definition) is 5. The van der Waals surface area contributed by atoms with E-state index in [0.29, 0.717) is 0 Å². The number of nitrogens with zero attached hydrogens (tertiary/aromatic N) is 4. The van der Waals surface area contributed by atoms with E-state index in [-0.39, 0.29) is 6.10 Å². The number of H-pyrrole nitrogens is 1. The van der Waals surface area contributed by atoms with Gasteiger partial charge in [0.1, 0.15) is 5.82 Å². The molecule has 1 aliphatic rings. The van der Waals surface area contributed by atoms with Gasteiger partial charge in [-0.15, -0.1) is 5.10 Å². The first kappa shape index (κ1) is 12.1. The Morgan fingerprint density at radius 3 is 3.26 bits per heavy atom. The summed E-state index contributed by atoms with van der Waals surface area (Å²) in [6.45, 7) is 4.47. The standard InChI is InChI=1S/C13H17N5O/c1-10-9-18(5-6-19-10)13-15-12(16-17-13)7-11-3-2-4-14-8-11/h2-4,8,10H,5-7,9H2,1H3,(H,15,16,17). The highest BCUT2D eigenvalue weighted by Gasteiger charge is 2.20. The fraction of sp³-hybridized carbons (Fsp3) is 0.462. The predicted octanol–water partition coefficient (Wildman–Crippen LogP) is 1.02. The second-order valence-corrected chi connectivity index (χ2v) is 4.75. The Kier molecular flexibility index (Phi) is 3.41. The van der Waals surface area contributed by atoms with Gasteiger partial charge in [0.15, 0.2) is 0 Å². The lowest BCUT2D eigenvalue weighted by Gasteiger charge is -2.30. The van der Waals surface area contributed by atoms with Crippen molar-refractivity contribution in [2.24, 2.45) is 0 Å². The molecule has 1 saturated heterocycles. The molecule has 2 aromatic rings. The van der Waals surface area contributed by atoms with Crippen LogP contribution in [0.5, 0.6) is 0 Å². The van der Waals surface area contributed by atoms with Gasteiger partial charge in [-0.3, -0.25) is 10.1 Å². The molecule has 0 aromatic carbocycles. The van der Waals surface area contributed by atoms with Crippen LogP contribution in [0.2, 0.25) is 0 Å². The van der Waals surface area contributed by atoms with Crippen molar-refractivity contribution in [1.82, 2.24) is 20.2 Å². The van der Waals surface area contributed by atoms with Crippen LogP contribution in [0.3, 0.4) is 0 Å². The largest absolute Gasteiger partial charge is 0.375 e. The van der Waals surface area contributed by atoms with Crippen molar-refractivity contribution in [2.45, 2.75) is 19.4 Å². The molecule has 19 heavy (non-hydrogen) atoms. The van der Waals surface area contributed by atoms with Crippen molar-refractivity contribution in [3.8, 4) is 0 Å². The molecule has 3 rings (SSSR count). The molecule has 0 radical (unpaired) electrons. The number of nitrogens with one attached hydrogen (secondary N) is 1. The molecule has 1 aliphatic heterocycles. The second kappa shape index (κ2) is 5.36. The maximum absolute atomic E-state index is 5.52. The summed E-state index contributed by atoms with van der Waals surface area (Å²) in [4.78, 5) is 10.8. The van der Waals surface area contributed by atoms with Gasteiger partial charge < -0.3 is 9.64 Å². The van der Waals surface area contributed by atoms with Gasteiger partial charge >= 0.3 is 0 Å². The average Bonchev–Trinajstić information content (AvgIpc) is 2.88. The maximum atomic E-state index is 5.52. The lowest BCUT2D eigenvalue weighted by molar-refractivity contribution is 0.0526. The summed E-state index contributed by atoms with van der Waals surface area (Å²) < 4.78 is 5.52. The minimum absolute atomic E-state index is 0.231. The van der Waals surface area contributed by atoms with Crippen LogP contribution in [0, 0.1) is 0 Å². The Morgan fingerprint density at radius 1 is 1.53 bits per heavy atom. The molecule has 1 atom stereocenters. The highest BCUT2D eigenvalue weighted by atomic mass is 16.5. The summed E-state index contributed by atoms with van der Waals surface area (Å²) in [7, 11) is 0. The van der Waals surface area contributed by atoms with Crippen molar-refractivity contribution in [2.75, 3.05) is 24.6 Å². The van der Waals surface area contributed by atoms with E-state index in [4.69, 9.17) is 4.74 Å². The first-order valence-corrected chi connectivity index (χ1v) is 6.48. The van der Waals surface area contributed by atoms with Crippen molar-refractivity contribution < 1.29 is 4.74 Å². The van der Waals surface area contributed by atoms with Crippen LogP contribution in [0.4, 0.5) is 5.95 Å². The van der Waals surface area contributed by atoms with Gasteiger partial charge in [-0.25, -0.2) is 0 Å². The maximum Gasteiger partial charge on any atom is 0.244 e. The third-order valence-corrected chi connectivity index (χ3v) is 3.14. The molecular formula is C13H17N5O. The fourth-order valence-electron chi connectivity index (χ4n) is 2.20. The fourth-order valence-corrected chi connectivity index (χ4v) is 2.20. The van der Waals surface area contributed by atoms with E-state index in [1.54, 1.807) is 6.20 Å². The molecule has 3 heterocycles. The van der Waals surface area contributed by atoms with Crippen molar-refractivity contribution >= 4 is 5.95 Å². The molecule has 1 fully saturated rings. The van der Waals surface area contributed by atoms with E-state index < -0.39 is 0 Å². The summed E-state index contributed by atoms with van der Waals surface area (Å²) in [5.41, 5.74) is 1.13. The molecule has 0 aliphatic carbocycles. The molecule has 100 valence electrons. The summed E-state index contributed by atoms with van der Waals surface area (Å²) in [5, 5.41) is 7.28. The third-order valence-electron chi connectivity index (χ3n) is 3.14. The number of aromatic nitrogens is 4. The normalized spacial score (nSPS) is 19.6. The summed E-state index contributed by atoms with van der Waals surface area (Å²) >= 11 is 0.